The molecule has 0 aliphatic heterocycles. The van der Waals surface area contributed by atoms with E-state index < -0.39 is 5.97 Å². The molecule has 0 N–H and O–H groups in total. The molecule has 0 radical (unpaired) electrons. The van der Waals surface area contributed by atoms with Crippen LogP contribution in [0.15, 0.2) is 24.3 Å². The summed E-state index contributed by atoms with van der Waals surface area (Å²) in [5.41, 5.74) is 0. The van der Waals surface area contributed by atoms with E-state index in [1.165, 1.54) is 7.11 Å². The molecule has 0 bridgehead atoms. The van der Waals surface area contributed by atoms with Crippen molar-refractivity contribution in [1.82, 2.24) is 4.98 Å². The number of methoxy groups -OCH3 is 2. The summed E-state index contributed by atoms with van der Waals surface area (Å²) in [7, 11) is 6.69. The zero-order chi connectivity index (χ0) is 15.4. The summed E-state index contributed by atoms with van der Waals surface area (Å²) < 4.78 is 15.3. The lowest BCUT2D eigenvalue weighted by Crippen LogP contribution is -2.15. The average Bonchev–Trinajstić information content (AvgIpc) is 2.51. The molecular formula is C15H18N2O4. The molecule has 0 atom stereocenters. The number of hydrogen-bond acceptors (Lipinski definition) is 6. The highest BCUT2D eigenvalue weighted by Gasteiger charge is 2.12. The molecule has 6 nitrogen and oxygen atoms in total. The first-order chi connectivity index (χ1) is 10.0. The van der Waals surface area contributed by atoms with Crippen molar-refractivity contribution in [3.63, 3.8) is 0 Å². The predicted octanol–water partition coefficient (Wildman–Crippen LogP) is 1.86. The topological polar surface area (TPSA) is 60.9 Å². The zero-order valence-corrected chi connectivity index (χ0v) is 12.5. The molecule has 2 rings (SSSR count). The Morgan fingerprint density at radius 1 is 1.24 bits per heavy atom. The highest BCUT2D eigenvalue weighted by molar-refractivity contribution is 5.90. The maximum absolute atomic E-state index is 11.3. The number of rotatable bonds is 5. The minimum absolute atomic E-state index is 0.188. The van der Waals surface area contributed by atoms with Crippen LogP contribution >= 0.6 is 0 Å². The van der Waals surface area contributed by atoms with Gasteiger partial charge in [-0.3, -0.25) is 0 Å². The fraction of sp³-hybridized carbons (Fsp3) is 0.333. The van der Waals surface area contributed by atoms with Crippen LogP contribution in [0.25, 0.3) is 10.8 Å². The summed E-state index contributed by atoms with van der Waals surface area (Å²) in [4.78, 5) is 17.5. The minimum Gasteiger partial charge on any atom is -0.497 e. The predicted molar refractivity (Wildman–Crippen MR) is 80.1 cm³/mol. The molecule has 2 aromatic rings. The molecule has 21 heavy (non-hydrogen) atoms. The minimum atomic E-state index is -0.455. The monoisotopic (exact) mass is 290 g/mol. The Labute approximate surface area is 123 Å². The van der Waals surface area contributed by atoms with Crippen LogP contribution < -0.4 is 14.4 Å². The molecule has 0 amide bonds. The molecule has 1 heterocycles. The normalized spacial score (nSPS) is 10.3. The van der Waals surface area contributed by atoms with Crippen LogP contribution in [-0.2, 0) is 9.53 Å². The number of benzene rings is 1. The number of aromatic nitrogens is 1. The van der Waals surface area contributed by atoms with Gasteiger partial charge in [0.15, 0.2) is 6.61 Å². The van der Waals surface area contributed by atoms with Crippen molar-refractivity contribution in [3.8, 4) is 11.6 Å². The Bertz CT molecular complexity index is 655. The van der Waals surface area contributed by atoms with Gasteiger partial charge in [-0.2, -0.15) is 4.98 Å². The number of fused-ring (bicyclic) bond motifs is 1. The Balaban J connectivity index is 2.48. The van der Waals surface area contributed by atoms with Crippen LogP contribution in [0, 0.1) is 0 Å². The second-order valence-electron chi connectivity index (χ2n) is 4.63. The number of carbonyl (C=O) groups is 1. The van der Waals surface area contributed by atoms with Crippen LogP contribution in [0.1, 0.15) is 0 Å². The van der Waals surface area contributed by atoms with Gasteiger partial charge < -0.3 is 19.1 Å². The maximum Gasteiger partial charge on any atom is 0.343 e. The highest BCUT2D eigenvalue weighted by atomic mass is 16.6. The molecule has 112 valence electrons. The first-order valence-electron chi connectivity index (χ1n) is 6.41. The van der Waals surface area contributed by atoms with E-state index in [0.29, 0.717) is 11.6 Å². The molecule has 0 saturated heterocycles. The van der Waals surface area contributed by atoms with Gasteiger partial charge in [0.05, 0.1) is 14.2 Å². The summed E-state index contributed by atoms with van der Waals surface area (Å²) in [6, 6.07) is 7.56. The van der Waals surface area contributed by atoms with Crippen LogP contribution in [0.5, 0.6) is 11.6 Å². The summed E-state index contributed by atoms with van der Waals surface area (Å²) in [5, 5.41) is 1.73. The van der Waals surface area contributed by atoms with E-state index >= 15 is 0 Å². The molecule has 1 aromatic heterocycles. The molecular weight excluding hydrogens is 272 g/mol. The molecule has 0 saturated carbocycles. The van der Waals surface area contributed by atoms with Gasteiger partial charge in [-0.25, -0.2) is 4.79 Å². The van der Waals surface area contributed by atoms with Crippen molar-refractivity contribution >= 4 is 22.6 Å². The number of carbonyl (C=O) groups excluding carboxylic acids is 1. The largest absolute Gasteiger partial charge is 0.497 e. The van der Waals surface area contributed by atoms with Crippen LogP contribution in [0.2, 0.25) is 0 Å². The standard InChI is InChI=1S/C15H18N2O4/c1-17(2)13-7-10-5-6-11(19-3)8-12(10)15(16-13)21-9-14(18)20-4/h5-8H,9H2,1-4H3. The van der Waals surface area contributed by atoms with Crippen LogP contribution in [0.3, 0.4) is 0 Å². The van der Waals surface area contributed by atoms with Gasteiger partial charge >= 0.3 is 5.97 Å². The Morgan fingerprint density at radius 3 is 2.62 bits per heavy atom. The first-order valence-corrected chi connectivity index (χ1v) is 6.41. The van der Waals surface area contributed by atoms with Crippen LogP contribution in [0.4, 0.5) is 5.82 Å². The fourth-order valence-electron chi connectivity index (χ4n) is 1.83. The lowest BCUT2D eigenvalue weighted by atomic mass is 10.1. The average molecular weight is 290 g/mol. The summed E-state index contributed by atoms with van der Waals surface area (Å²) in [6.07, 6.45) is 0. The van der Waals surface area contributed by atoms with Crippen molar-refractivity contribution in [2.75, 3.05) is 39.8 Å². The van der Waals surface area contributed by atoms with Crippen molar-refractivity contribution in [3.05, 3.63) is 24.3 Å². The molecule has 0 aliphatic rings. The smallest absolute Gasteiger partial charge is 0.343 e. The molecule has 0 aliphatic carbocycles. The van der Waals surface area contributed by atoms with Gasteiger partial charge in [0.1, 0.15) is 11.6 Å². The van der Waals surface area contributed by atoms with Crippen molar-refractivity contribution in [2.45, 2.75) is 0 Å². The zero-order valence-electron chi connectivity index (χ0n) is 12.5. The van der Waals surface area contributed by atoms with Gasteiger partial charge in [-0.15, -0.1) is 0 Å². The number of ether oxygens (including phenoxy) is 3. The van der Waals surface area contributed by atoms with E-state index in [-0.39, 0.29) is 6.61 Å². The summed E-state index contributed by atoms with van der Waals surface area (Å²) in [5.74, 6) is 1.36. The summed E-state index contributed by atoms with van der Waals surface area (Å²) >= 11 is 0. The van der Waals surface area contributed by atoms with E-state index in [2.05, 4.69) is 9.72 Å². The third kappa shape index (κ3) is 3.34. The van der Waals surface area contributed by atoms with Crippen molar-refractivity contribution in [1.29, 1.82) is 0 Å². The molecule has 0 fully saturated rings. The van der Waals surface area contributed by atoms with Gasteiger partial charge in [-0.05, 0) is 23.6 Å². The fourth-order valence-corrected chi connectivity index (χ4v) is 1.83. The van der Waals surface area contributed by atoms with Gasteiger partial charge in [-0.1, -0.05) is 6.07 Å². The molecule has 0 unspecified atom stereocenters. The van der Waals surface area contributed by atoms with Gasteiger partial charge in [0.2, 0.25) is 5.88 Å². The SMILES string of the molecule is COC(=O)COc1nc(N(C)C)cc2ccc(OC)cc12. The Kier molecular flexibility index (Phi) is 4.47. The third-order valence-corrected chi connectivity index (χ3v) is 3.00. The number of anilines is 1. The number of pyridine rings is 1. The first kappa shape index (κ1) is 14.9. The van der Waals surface area contributed by atoms with E-state index in [1.807, 2.05) is 43.3 Å². The number of nitrogens with zero attached hydrogens (tertiary/aromatic N) is 2. The molecule has 0 spiro atoms. The second-order valence-corrected chi connectivity index (χ2v) is 4.63. The lowest BCUT2D eigenvalue weighted by molar-refractivity contribution is -0.142. The maximum atomic E-state index is 11.3. The van der Waals surface area contributed by atoms with E-state index in [4.69, 9.17) is 9.47 Å². The summed E-state index contributed by atoms with van der Waals surface area (Å²) in [6.45, 7) is -0.188. The lowest BCUT2D eigenvalue weighted by Gasteiger charge is -2.15. The van der Waals surface area contributed by atoms with Crippen molar-refractivity contribution in [2.24, 2.45) is 0 Å². The highest BCUT2D eigenvalue weighted by Crippen LogP contribution is 2.30. The van der Waals surface area contributed by atoms with E-state index in [9.17, 15) is 4.79 Å². The number of esters is 1. The van der Waals surface area contributed by atoms with Crippen LogP contribution in [-0.4, -0.2) is 45.9 Å². The second kappa shape index (κ2) is 6.30. The Hall–Kier alpha value is -2.50. The van der Waals surface area contributed by atoms with Gasteiger partial charge in [0.25, 0.3) is 0 Å². The van der Waals surface area contributed by atoms with E-state index in [1.54, 1.807) is 7.11 Å². The van der Waals surface area contributed by atoms with Crippen molar-refractivity contribution < 1.29 is 19.0 Å². The quantitative estimate of drug-likeness (QED) is 0.783. The Morgan fingerprint density at radius 2 is 2.00 bits per heavy atom. The molecule has 6 heteroatoms. The van der Waals surface area contributed by atoms with Gasteiger partial charge in [0, 0.05) is 19.5 Å². The van der Waals surface area contributed by atoms with E-state index in [0.717, 1.165) is 16.6 Å². The molecule has 1 aromatic carbocycles. The number of hydrogen-bond donors (Lipinski definition) is 0. The third-order valence-electron chi connectivity index (χ3n) is 3.00.